The maximum atomic E-state index is 9.10. The fourth-order valence-electron chi connectivity index (χ4n) is 1.67. The van der Waals surface area contributed by atoms with Crippen molar-refractivity contribution in [2.45, 2.75) is 27.7 Å². The topological polar surface area (TPSA) is 40.5 Å². The Balaban J connectivity index is 0.000000180. The number of hydrogen-bond acceptors (Lipinski definition) is 2. The van der Waals surface area contributed by atoms with Gasteiger partial charge in [-0.1, -0.05) is 18.2 Å². The second kappa shape index (κ2) is 6.10. The first-order chi connectivity index (χ1) is 8.38. The van der Waals surface area contributed by atoms with Gasteiger partial charge in [0.15, 0.2) is 0 Å². The Bertz CT molecular complexity index is 480. The van der Waals surface area contributed by atoms with Gasteiger partial charge in [-0.25, -0.2) is 0 Å². The molecule has 2 aromatic rings. The molecule has 2 N–H and O–H groups in total. The maximum Gasteiger partial charge on any atom is 0.118 e. The van der Waals surface area contributed by atoms with Crippen LogP contribution in [0.4, 0.5) is 0 Å². The molecule has 0 aromatic heterocycles. The highest BCUT2D eigenvalue weighted by Crippen LogP contribution is 2.16. The van der Waals surface area contributed by atoms with Crippen molar-refractivity contribution in [2.24, 2.45) is 0 Å². The van der Waals surface area contributed by atoms with Gasteiger partial charge in [0.25, 0.3) is 0 Å². The SMILES string of the molecule is Cc1cc(C)cc(O)c1.Cc1ccc(C)c(O)c1. The highest BCUT2D eigenvalue weighted by Gasteiger charge is 1.92. The normalized spacial score (nSPS) is 9.56. The second-order valence-electron chi connectivity index (χ2n) is 4.64. The lowest BCUT2D eigenvalue weighted by Gasteiger charge is -1.97. The summed E-state index contributed by atoms with van der Waals surface area (Å²) in [6, 6.07) is 11.2. The fraction of sp³-hybridized carbons (Fsp3) is 0.250. The summed E-state index contributed by atoms with van der Waals surface area (Å²) >= 11 is 0. The van der Waals surface area contributed by atoms with E-state index < -0.39 is 0 Å². The van der Waals surface area contributed by atoms with E-state index in [9.17, 15) is 0 Å². The number of phenols is 2. The van der Waals surface area contributed by atoms with E-state index in [1.54, 1.807) is 18.2 Å². The largest absolute Gasteiger partial charge is 0.508 e. The molecule has 0 saturated carbocycles. The Labute approximate surface area is 109 Å². The van der Waals surface area contributed by atoms with Crippen LogP contribution in [0.25, 0.3) is 0 Å². The van der Waals surface area contributed by atoms with Crippen LogP contribution in [0.1, 0.15) is 22.3 Å². The minimum atomic E-state index is 0.354. The number of aryl methyl sites for hydroxylation is 4. The third-order valence-corrected chi connectivity index (χ3v) is 2.57. The van der Waals surface area contributed by atoms with E-state index in [2.05, 4.69) is 0 Å². The first-order valence-electron chi connectivity index (χ1n) is 5.92. The van der Waals surface area contributed by atoms with Crippen LogP contribution in [-0.2, 0) is 0 Å². The highest BCUT2D eigenvalue weighted by atomic mass is 16.3. The van der Waals surface area contributed by atoms with Crippen molar-refractivity contribution in [1.29, 1.82) is 0 Å². The van der Waals surface area contributed by atoms with Crippen molar-refractivity contribution >= 4 is 0 Å². The van der Waals surface area contributed by atoms with Crippen molar-refractivity contribution in [3.8, 4) is 11.5 Å². The lowest BCUT2D eigenvalue weighted by molar-refractivity contribution is 0.470. The third kappa shape index (κ3) is 4.50. The Hall–Kier alpha value is -1.96. The van der Waals surface area contributed by atoms with Gasteiger partial charge in [-0.3, -0.25) is 0 Å². The van der Waals surface area contributed by atoms with E-state index >= 15 is 0 Å². The monoisotopic (exact) mass is 244 g/mol. The van der Waals surface area contributed by atoms with Gasteiger partial charge in [0.1, 0.15) is 11.5 Å². The standard InChI is InChI=1S/2C8H10O/c1-6-3-7(2)5-8(9)4-6;1-6-3-4-7(2)8(9)5-6/h2*3-5,9H,1-2H3. The first kappa shape index (κ1) is 14.1. The first-order valence-corrected chi connectivity index (χ1v) is 5.92. The van der Waals surface area contributed by atoms with Gasteiger partial charge in [-0.05, 0) is 68.1 Å². The van der Waals surface area contributed by atoms with Crippen LogP contribution < -0.4 is 0 Å². The minimum Gasteiger partial charge on any atom is -0.508 e. The average Bonchev–Trinajstić information content (AvgIpc) is 2.23. The Morgan fingerprint density at radius 3 is 1.61 bits per heavy atom. The molecule has 2 rings (SSSR count). The van der Waals surface area contributed by atoms with Gasteiger partial charge in [0.05, 0.1) is 0 Å². The van der Waals surface area contributed by atoms with Crippen LogP contribution in [0.2, 0.25) is 0 Å². The molecule has 2 heteroatoms. The predicted molar refractivity (Wildman–Crippen MR) is 75.2 cm³/mol. The summed E-state index contributed by atoms with van der Waals surface area (Å²) in [7, 11) is 0. The van der Waals surface area contributed by atoms with Crippen molar-refractivity contribution < 1.29 is 10.2 Å². The molecule has 2 nitrogen and oxygen atoms in total. The van der Waals surface area contributed by atoms with E-state index in [0.29, 0.717) is 11.5 Å². The number of aromatic hydroxyl groups is 2. The molecule has 0 aliphatic rings. The molecule has 0 radical (unpaired) electrons. The molecule has 0 heterocycles. The van der Waals surface area contributed by atoms with E-state index in [4.69, 9.17) is 10.2 Å². The molecule has 2 aromatic carbocycles. The Kier molecular flexibility index (Phi) is 4.78. The summed E-state index contributed by atoms with van der Waals surface area (Å²) in [5.74, 6) is 0.738. The van der Waals surface area contributed by atoms with E-state index in [1.165, 1.54) is 0 Å². The number of rotatable bonds is 0. The van der Waals surface area contributed by atoms with Crippen molar-refractivity contribution in [2.75, 3.05) is 0 Å². The van der Waals surface area contributed by atoms with Crippen LogP contribution in [-0.4, -0.2) is 10.2 Å². The quantitative estimate of drug-likeness (QED) is 0.735. The van der Waals surface area contributed by atoms with E-state index in [1.807, 2.05) is 45.9 Å². The summed E-state index contributed by atoms with van der Waals surface area (Å²) in [5.41, 5.74) is 4.23. The van der Waals surface area contributed by atoms with Crippen molar-refractivity contribution in [3.05, 3.63) is 58.7 Å². The van der Waals surface area contributed by atoms with Gasteiger partial charge in [0, 0.05) is 0 Å². The summed E-state index contributed by atoms with van der Waals surface area (Å²) < 4.78 is 0. The number of phenolic OH excluding ortho intramolecular Hbond substituents is 2. The van der Waals surface area contributed by atoms with Crippen molar-refractivity contribution in [3.63, 3.8) is 0 Å². The van der Waals surface area contributed by atoms with Gasteiger partial charge in [-0.2, -0.15) is 0 Å². The molecule has 0 atom stereocenters. The minimum absolute atomic E-state index is 0.354. The molecule has 0 aliphatic carbocycles. The molecular formula is C16H20O2. The number of hydrogen-bond donors (Lipinski definition) is 2. The smallest absolute Gasteiger partial charge is 0.118 e. The van der Waals surface area contributed by atoms with Gasteiger partial charge in [0.2, 0.25) is 0 Å². The molecular weight excluding hydrogens is 224 g/mol. The lowest BCUT2D eigenvalue weighted by atomic mass is 10.1. The predicted octanol–water partition coefficient (Wildman–Crippen LogP) is 4.02. The van der Waals surface area contributed by atoms with Crippen LogP contribution in [0.3, 0.4) is 0 Å². The third-order valence-electron chi connectivity index (χ3n) is 2.57. The molecule has 18 heavy (non-hydrogen) atoms. The molecule has 96 valence electrons. The zero-order chi connectivity index (χ0) is 13.7. The summed E-state index contributed by atoms with van der Waals surface area (Å²) in [6.45, 7) is 7.77. The molecule has 0 fully saturated rings. The van der Waals surface area contributed by atoms with Crippen LogP contribution in [0, 0.1) is 27.7 Å². The second-order valence-corrected chi connectivity index (χ2v) is 4.64. The van der Waals surface area contributed by atoms with E-state index in [0.717, 1.165) is 22.3 Å². The Morgan fingerprint density at radius 2 is 1.22 bits per heavy atom. The van der Waals surface area contributed by atoms with Crippen LogP contribution in [0.5, 0.6) is 11.5 Å². The maximum absolute atomic E-state index is 9.10. The van der Waals surface area contributed by atoms with Crippen LogP contribution in [0.15, 0.2) is 36.4 Å². The average molecular weight is 244 g/mol. The molecule has 0 amide bonds. The zero-order valence-corrected chi connectivity index (χ0v) is 11.4. The van der Waals surface area contributed by atoms with Crippen molar-refractivity contribution in [1.82, 2.24) is 0 Å². The Morgan fingerprint density at radius 1 is 0.667 bits per heavy atom. The molecule has 0 spiro atoms. The summed E-state index contributed by atoms with van der Waals surface area (Å²) in [6.07, 6.45) is 0. The highest BCUT2D eigenvalue weighted by molar-refractivity contribution is 5.34. The molecule has 0 bridgehead atoms. The van der Waals surface area contributed by atoms with Gasteiger partial charge >= 0.3 is 0 Å². The fourth-order valence-corrected chi connectivity index (χ4v) is 1.67. The van der Waals surface area contributed by atoms with Gasteiger partial charge < -0.3 is 10.2 Å². The number of benzene rings is 2. The van der Waals surface area contributed by atoms with Gasteiger partial charge in [-0.15, -0.1) is 0 Å². The lowest BCUT2D eigenvalue weighted by Crippen LogP contribution is -1.74. The molecule has 0 aliphatic heterocycles. The van der Waals surface area contributed by atoms with E-state index in [-0.39, 0.29) is 0 Å². The molecule has 0 saturated heterocycles. The summed E-state index contributed by atoms with van der Waals surface area (Å²) in [5, 5.41) is 18.1. The molecule has 0 unspecified atom stereocenters. The zero-order valence-electron chi connectivity index (χ0n) is 11.4. The van der Waals surface area contributed by atoms with Crippen LogP contribution >= 0.6 is 0 Å². The summed E-state index contributed by atoms with van der Waals surface area (Å²) in [4.78, 5) is 0.